The Balaban J connectivity index is 2.04. The second-order valence-corrected chi connectivity index (χ2v) is 7.21. The molecular weight excluding hydrogens is 353 g/mol. The minimum absolute atomic E-state index is 0.200. The summed E-state index contributed by atoms with van der Waals surface area (Å²) in [5.41, 5.74) is 0.717. The van der Waals surface area contributed by atoms with Crippen molar-refractivity contribution in [2.75, 3.05) is 0 Å². The number of nitrogens with zero attached hydrogens (tertiary/aromatic N) is 1. The van der Waals surface area contributed by atoms with E-state index in [2.05, 4.69) is 46.9 Å². The molecule has 0 bridgehead atoms. The molecule has 3 nitrogen and oxygen atoms in total. The van der Waals surface area contributed by atoms with Gasteiger partial charge in [-0.1, -0.05) is 12.1 Å². The van der Waals surface area contributed by atoms with Crippen LogP contribution in [0.1, 0.15) is 39.2 Å². The molecule has 0 aliphatic heterocycles. The van der Waals surface area contributed by atoms with Crippen molar-refractivity contribution in [1.82, 2.24) is 4.90 Å². The molecule has 1 fully saturated rings. The van der Waals surface area contributed by atoms with Gasteiger partial charge in [0.15, 0.2) is 0 Å². The fourth-order valence-electron chi connectivity index (χ4n) is 1.84. The summed E-state index contributed by atoms with van der Waals surface area (Å²) in [6.07, 6.45) is 1.97. The van der Waals surface area contributed by atoms with E-state index < -0.39 is 5.60 Å². The predicted molar refractivity (Wildman–Crippen MR) is 84.0 cm³/mol. The van der Waals surface area contributed by atoms with E-state index in [1.807, 2.05) is 25.7 Å². The van der Waals surface area contributed by atoms with Gasteiger partial charge in [-0.3, -0.25) is 0 Å². The summed E-state index contributed by atoms with van der Waals surface area (Å²) in [6, 6.07) is 8.63. The van der Waals surface area contributed by atoms with Gasteiger partial charge in [-0.2, -0.15) is 0 Å². The molecule has 0 radical (unpaired) electrons. The van der Waals surface area contributed by atoms with Crippen LogP contribution in [0.3, 0.4) is 0 Å². The van der Waals surface area contributed by atoms with Crippen molar-refractivity contribution in [2.24, 2.45) is 0 Å². The zero-order valence-corrected chi connectivity index (χ0v) is 13.8. The molecule has 0 unspecified atom stereocenters. The minimum Gasteiger partial charge on any atom is -0.444 e. The van der Waals surface area contributed by atoms with Gasteiger partial charge >= 0.3 is 6.09 Å². The van der Waals surface area contributed by atoms with E-state index in [0.29, 0.717) is 12.6 Å². The summed E-state index contributed by atoms with van der Waals surface area (Å²) in [7, 11) is 0. The van der Waals surface area contributed by atoms with E-state index >= 15 is 0 Å². The molecule has 2 rings (SSSR count). The van der Waals surface area contributed by atoms with Crippen LogP contribution in [0.2, 0.25) is 0 Å². The predicted octanol–water partition coefficient (Wildman–Crippen LogP) is 4.19. The molecule has 1 amide bonds. The Bertz CT molecular complexity index is 446. The third-order valence-corrected chi connectivity index (χ3v) is 3.60. The molecule has 1 saturated carbocycles. The van der Waals surface area contributed by atoms with Crippen molar-refractivity contribution in [1.29, 1.82) is 0 Å². The number of halogens is 1. The fourth-order valence-corrected chi connectivity index (χ4v) is 2.20. The van der Waals surface area contributed by atoms with Crippen LogP contribution in [-0.2, 0) is 11.3 Å². The molecule has 4 heteroatoms. The van der Waals surface area contributed by atoms with Crippen LogP contribution < -0.4 is 0 Å². The number of hydrogen-bond donors (Lipinski definition) is 0. The van der Waals surface area contributed by atoms with Gasteiger partial charge in [0.25, 0.3) is 0 Å². The first kappa shape index (κ1) is 14.6. The van der Waals surface area contributed by atoms with Crippen LogP contribution in [0.5, 0.6) is 0 Å². The Morgan fingerprint density at radius 2 is 1.89 bits per heavy atom. The largest absolute Gasteiger partial charge is 0.444 e. The normalized spacial score (nSPS) is 15.2. The van der Waals surface area contributed by atoms with Crippen molar-refractivity contribution < 1.29 is 9.53 Å². The average Bonchev–Trinajstić information content (AvgIpc) is 3.09. The van der Waals surface area contributed by atoms with Gasteiger partial charge in [0.05, 0.1) is 0 Å². The van der Waals surface area contributed by atoms with Gasteiger partial charge in [-0.15, -0.1) is 0 Å². The van der Waals surface area contributed by atoms with E-state index in [1.165, 1.54) is 3.57 Å². The molecular formula is C15H20INO2. The summed E-state index contributed by atoms with van der Waals surface area (Å²) in [5.74, 6) is 0. The monoisotopic (exact) mass is 373 g/mol. The molecule has 1 aromatic rings. The van der Waals surface area contributed by atoms with Gasteiger partial charge in [0.2, 0.25) is 0 Å². The van der Waals surface area contributed by atoms with Crippen molar-refractivity contribution in [3.05, 3.63) is 33.4 Å². The maximum absolute atomic E-state index is 12.2. The van der Waals surface area contributed by atoms with Crippen molar-refractivity contribution in [3.8, 4) is 0 Å². The molecule has 0 saturated heterocycles. The van der Waals surface area contributed by atoms with Crippen molar-refractivity contribution in [3.63, 3.8) is 0 Å². The maximum atomic E-state index is 12.2. The van der Waals surface area contributed by atoms with Gasteiger partial charge in [0.1, 0.15) is 5.60 Å². The Morgan fingerprint density at radius 1 is 1.32 bits per heavy atom. The lowest BCUT2D eigenvalue weighted by Gasteiger charge is -2.27. The maximum Gasteiger partial charge on any atom is 0.410 e. The third kappa shape index (κ3) is 4.67. The highest BCUT2D eigenvalue weighted by Crippen LogP contribution is 2.30. The second kappa shape index (κ2) is 5.69. The summed E-state index contributed by atoms with van der Waals surface area (Å²) >= 11 is 2.28. The van der Waals surface area contributed by atoms with Crippen LogP contribution in [0.25, 0.3) is 0 Å². The molecule has 0 heterocycles. The van der Waals surface area contributed by atoms with Crippen molar-refractivity contribution in [2.45, 2.75) is 51.8 Å². The first-order chi connectivity index (χ1) is 8.85. The quantitative estimate of drug-likeness (QED) is 0.744. The highest BCUT2D eigenvalue weighted by molar-refractivity contribution is 14.1. The highest BCUT2D eigenvalue weighted by Gasteiger charge is 2.35. The molecule has 1 aliphatic carbocycles. The number of hydrogen-bond acceptors (Lipinski definition) is 2. The van der Waals surface area contributed by atoms with E-state index in [4.69, 9.17) is 4.74 Å². The second-order valence-electron chi connectivity index (χ2n) is 5.97. The SMILES string of the molecule is CC(C)(C)OC(=O)N(Cc1ccc(I)cc1)C1CC1. The summed E-state index contributed by atoms with van der Waals surface area (Å²) in [6.45, 7) is 6.35. The number of amides is 1. The van der Waals surface area contributed by atoms with E-state index in [1.54, 1.807) is 0 Å². The molecule has 104 valence electrons. The lowest BCUT2D eigenvalue weighted by atomic mass is 10.2. The topological polar surface area (TPSA) is 29.5 Å². The zero-order valence-electron chi connectivity index (χ0n) is 11.6. The first-order valence-corrected chi connectivity index (χ1v) is 7.67. The standard InChI is InChI=1S/C15H20INO2/c1-15(2,3)19-14(18)17(13-8-9-13)10-11-4-6-12(16)7-5-11/h4-7,13H,8-10H2,1-3H3. The highest BCUT2D eigenvalue weighted by atomic mass is 127. The van der Waals surface area contributed by atoms with Crippen LogP contribution in [0.15, 0.2) is 24.3 Å². The molecule has 0 aromatic heterocycles. The first-order valence-electron chi connectivity index (χ1n) is 6.59. The zero-order chi connectivity index (χ0) is 14.0. The molecule has 1 aromatic carbocycles. The Hall–Kier alpha value is -0.780. The fraction of sp³-hybridized carbons (Fsp3) is 0.533. The summed E-state index contributed by atoms with van der Waals surface area (Å²) in [5, 5.41) is 0. The Morgan fingerprint density at radius 3 is 2.37 bits per heavy atom. The summed E-state index contributed by atoms with van der Waals surface area (Å²) in [4.78, 5) is 14.1. The van der Waals surface area contributed by atoms with Crippen LogP contribution >= 0.6 is 22.6 Å². The van der Waals surface area contributed by atoms with E-state index in [-0.39, 0.29) is 6.09 Å². The molecule has 0 atom stereocenters. The number of carbonyl (C=O) groups excluding carboxylic acids is 1. The molecule has 1 aliphatic rings. The van der Waals surface area contributed by atoms with Gasteiger partial charge < -0.3 is 9.64 Å². The number of rotatable bonds is 3. The molecule has 19 heavy (non-hydrogen) atoms. The van der Waals surface area contributed by atoms with Gasteiger partial charge in [-0.25, -0.2) is 4.79 Å². The van der Waals surface area contributed by atoms with Gasteiger partial charge in [0, 0.05) is 16.2 Å². The minimum atomic E-state index is -0.434. The number of benzene rings is 1. The Labute approximate surface area is 128 Å². The van der Waals surface area contributed by atoms with Gasteiger partial charge in [-0.05, 0) is 73.9 Å². The lowest BCUT2D eigenvalue weighted by molar-refractivity contribution is 0.0216. The van der Waals surface area contributed by atoms with E-state index in [9.17, 15) is 4.79 Å². The average molecular weight is 373 g/mol. The molecule has 0 spiro atoms. The van der Waals surface area contributed by atoms with Crippen LogP contribution in [-0.4, -0.2) is 22.6 Å². The summed E-state index contributed by atoms with van der Waals surface area (Å²) < 4.78 is 6.69. The lowest BCUT2D eigenvalue weighted by Crippen LogP contribution is -2.37. The smallest absolute Gasteiger partial charge is 0.410 e. The third-order valence-electron chi connectivity index (χ3n) is 2.88. The van der Waals surface area contributed by atoms with E-state index in [0.717, 1.165) is 18.4 Å². The van der Waals surface area contributed by atoms with Crippen LogP contribution in [0, 0.1) is 3.57 Å². The number of ether oxygens (including phenoxy) is 1. The number of carbonyl (C=O) groups is 1. The van der Waals surface area contributed by atoms with Crippen LogP contribution in [0.4, 0.5) is 4.79 Å². The molecule has 0 N–H and O–H groups in total. The van der Waals surface area contributed by atoms with Crippen molar-refractivity contribution >= 4 is 28.7 Å². The Kier molecular flexibility index (Phi) is 4.38.